The molecule has 0 amide bonds. The van der Waals surface area contributed by atoms with Crippen LogP contribution in [0.1, 0.15) is 37.3 Å². The zero-order valence-corrected chi connectivity index (χ0v) is 9.45. The molecule has 3 nitrogen and oxygen atoms in total. The molecule has 0 spiro atoms. The molecule has 0 aliphatic carbocycles. The summed E-state index contributed by atoms with van der Waals surface area (Å²) in [6.45, 7) is 5.92. The Morgan fingerprint density at radius 1 is 1.53 bits per heavy atom. The Bertz CT molecular complexity index is 302. The maximum Gasteiger partial charge on any atom is 0.120 e. The largest absolute Gasteiger partial charge is 0.465 e. The molecule has 0 bridgehead atoms. The average molecular weight is 209 g/mol. The molecule has 1 aliphatic heterocycles. The fourth-order valence-corrected chi connectivity index (χ4v) is 1.90. The SMILES string of the molecule is Cc1ccc([C@H](C)NC[C@H]2CCCO2)o1. The quantitative estimate of drug-likeness (QED) is 0.827. The highest BCUT2D eigenvalue weighted by molar-refractivity contribution is 5.08. The van der Waals surface area contributed by atoms with Crippen LogP contribution in [0.2, 0.25) is 0 Å². The van der Waals surface area contributed by atoms with Gasteiger partial charge in [-0.25, -0.2) is 0 Å². The molecular formula is C12H19NO2. The summed E-state index contributed by atoms with van der Waals surface area (Å²) in [4.78, 5) is 0. The maximum atomic E-state index is 5.56. The Hall–Kier alpha value is -0.800. The molecule has 0 radical (unpaired) electrons. The summed E-state index contributed by atoms with van der Waals surface area (Å²) >= 11 is 0. The number of hydrogen-bond acceptors (Lipinski definition) is 3. The second kappa shape index (κ2) is 4.81. The van der Waals surface area contributed by atoms with Crippen LogP contribution in [0.3, 0.4) is 0 Å². The summed E-state index contributed by atoms with van der Waals surface area (Å²) in [7, 11) is 0. The predicted molar refractivity (Wildman–Crippen MR) is 58.8 cm³/mol. The first kappa shape index (κ1) is 10.7. The first-order valence-corrected chi connectivity index (χ1v) is 5.67. The Morgan fingerprint density at radius 2 is 2.40 bits per heavy atom. The summed E-state index contributed by atoms with van der Waals surface area (Å²) < 4.78 is 11.1. The molecular weight excluding hydrogens is 190 g/mol. The molecule has 0 aromatic carbocycles. The Morgan fingerprint density at radius 3 is 3.00 bits per heavy atom. The van der Waals surface area contributed by atoms with Gasteiger partial charge in [0, 0.05) is 13.2 Å². The van der Waals surface area contributed by atoms with Crippen molar-refractivity contribution in [3.8, 4) is 0 Å². The van der Waals surface area contributed by atoms with Gasteiger partial charge in [-0.2, -0.15) is 0 Å². The van der Waals surface area contributed by atoms with E-state index in [2.05, 4.69) is 12.2 Å². The lowest BCUT2D eigenvalue weighted by atomic mass is 10.2. The van der Waals surface area contributed by atoms with Crippen molar-refractivity contribution in [2.75, 3.05) is 13.2 Å². The van der Waals surface area contributed by atoms with Crippen molar-refractivity contribution in [1.82, 2.24) is 5.32 Å². The van der Waals surface area contributed by atoms with E-state index in [0.717, 1.165) is 24.7 Å². The van der Waals surface area contributed by atoms with Crippen LogP contribution in [0.4, 0.5) is 0 Å². The van der Waals surface area contributed by atoms with Crippen LogP contribution in [0.25, 0.3) is 0 Å². The van der Waals surface area contributed by atoms with E-state index in [1.165, 1.54) is 12.8 Å². The molecule has 1 aliphatic rings. The van der Waals surface area contributed by atoms with E-state index < -0.39 is 0 Å². The third kappa shape index (κ3) is 2.83. The first-order valence-electron chi connectivity index (χ1n) is 5.67. The zero-order chi connectivity index (χ0) is 10.7. The highest BCUT2D eigenvalue weighted by Crippen LogP contribution is 2.17. The lowest BCUT2D eigenvalue weighted by Gasteiger charge is -2.15. The first-order chi connectivity index (χ1) is 7.25. The number of hydrogen-bond donors (Lipinski definition) is 1. The molecule has 3 heteroatoms. The van der Waals surface area contributed by atoms with Crippen molar-refractivity contribution >= 4 is 0 Å². The van der Waals surface area contributed by atoms with Crippen molar-refractivity contribution in [1.29, 1.82) is 0 Å². The molecule has 84 valence electrons. The van der Waals surface area contributed by atoms with Crippen molar-refractivity contribution < 1.29 is 9.15 Å². The number of ether oxygens (including phenoxy) is 1. The van der Waals surface area contributed by atoms with Crippen LogP contribution < -0.4 is 5.32 Å². The van der Waals surface area contributed by atoms with E-state index in [4.69, 9.17) is 9.15 Å². The van der Waals surface area contributed by atoms with E-state index in [-0.39, 0.29) is 6.04 Å². The van der Waals surface area contributed by atoms with Gasteiger partial charge in [-0.3, -0.25) is 0 Å². The second-order valence-corrected chi connectivity index (χ2v) is 4.21. The molecule has 2 rings (SSSR count). The summed E-state index contributed by atoms with van der Waals surface area (Å²) in [5.41, 5.74) is 0. The van der Waals surface area contributed by atoms with Crippen molar-refractivity contribution in [2.45, 2.75) is 38.8 Å². The number of nitrogens with one attached hydrogen (secondary N) is 1. The highest BCUT2D eigenvalue weighted by atomic mass is 16.5. The van der Waals surface area contributed by atoms with Gasteiger partial charge in [0.05, 0.1) is 12.1 Å². The minimum absolute atomic E-state index is 0.267. The van der Waals surface area contributed by atoms with E-state index in [1.807, 2.05) is 19.1 Å². The summed E-state index contributed by atoms with van der Waals surface area (Å²) in [6.07, 6.45) is 2.76. The standard InChI is InChI=1S/C12H19NO2/c1-9-5-6-12(15-9)10(2)13-8-11-4-3-7-14-11/h5-6,10-11,13H,3-4,7-8H2,1-2H3/t10-,11+/m0/s1. The topological polar surface area (TPSA) is 34.4 Å². The Balaban J connectivity index is 1.79. The van der Waals surface area contributed by atoms with Gasteiger partial charge in [0.25, 0.3) is 0 Å². The van der Waals surface area contributed by atoms with E-state index in [0.29, 0.717) is 6.10 Å². The monoisotopic (exact) mass is 209 g/mol. The molecule has 1 aromatic heterocycles. The fourth-order valence-electron chi connectivity index (χ4n) is 1.90. The third-order valence-corrected chi connectivity index (χ3v) is 2.86. The van der Waals surface area contributed by atoms with E-state index >= 15 is 0 Å². The zero-order valence-electron chi connectivity index (χ0n) is 9.45. The Kier molecular flexibility index (Phi) is 3.44. The van der Waals surface area contributed by atoms with Crippen LogP contribution in [-0.2, 0) is 4.74 Å². The number of rotatable bonds is 4. The van der Waals surface area contributed by atoms with Crippen molar-refractivity contribution in [3.63, 3.8) is 0 Å². The summed E-state index contributed by atoms with van der Waals surface area (Å²) in [6, 6.07) is 4.30. The van der Waals surface area contributed by atoms with Gasteiger partial charge in [-0.15, -0.1) is 0 Å². The van der Waals surface area contributed by atoms with E-state index in [1.54, 1.807) is 0 Å². The lowest BCUT2D eigenvalue weighted by Crippen LogP contribution is -2.28. The van der Waals surface area contributed by atoms with Gasteiger partial charge in [0.1, 0.15) is 11.5 Å². The van der Waals surface area contributed by atoms with Gasteiger partial charge in [0.15, 0.2) is 0 Å². The van der Waals surface area contributed by atoms with Crippen molar-refractivity contribution in [3.05, 3.63) is 23.7 Å². The van der Waals surface area contributed by atoms with Gasteiger partial charge in [-0.05, 0) is 38.8 Å². The molecule has 2 heterocycles. The normalized spacial score (nSPS) is 23.2. The number of furan rings is 1. The molecule has 2 atom stereocenters. The van der Waals surface area contributed by atoms with Crippen LogP contribution in [0, 0.1) is 6.92 Å². The van der Waals surface area contributed by atoms with Gasteiger partial charge in [-0.1, -0.05) is 0 Å². The predicted octanol–water partition coefficient (Wildman–Crippen LogP) is 2.42. The van der Waals surface area contributed by atoms with Crippen LogP contribution >= 0.6 is 0 Å². The fraction of sp³-hybridized carbons (Fsp3) is 0.667. The molecule has 15 heavy (non-hydrogen) atoms. The summed E-state index contributed by atoms with van der Waals surface area (Å²) in [5, 5.41) is 3.44. The van der Waals surface area contributed by atoms with Gasteiger partial charge < -0.3 is 14.5 Å². The highest BCUT2D eigenvalue weighted by Gasteiger charge is 2.17. The molecule has 1 saturated heterocycles. The Labute approximate surface area is 90.8 Å². The minimum Gasteiger partial charge on any atom is -0.465 e. The second-order valence-electron chi connectivity index (χ2n) is 4.21. The molecule has 0 unspecified atom stereocenters. The smallest absolute Gasteiger partial charge is 0.120 e. The van der Waals surface area contributed by atoms with Crippen molar-refractivity contribution in [2.24, 2.45) is 0 Å². The molecule has 1 fully saturated rings. The lowest BCUT2D eigenvalue weighted by molar-refractivity contribution is 0.107. The summed E-state index contributed by atoms with van der Waals surface area (Å²) in [5.74, 6) is 1.97. The average Bonchev–Trinajstić information content (AvgIpc) is 2.84. The van der Waals surface area contributed by atoms with E-state index in [9.17, 15) is 0 Å². The maximum absolute atomic E-state index is 5.56. The number of aryl methyl sites for hydroxylation is 1. The van der Waals surface area contributed by atoms with Crippen LogP contribution in [0.15, 0.2) is 16.5 Å². The van der Waals surface area contributed by atoms with Crippen LogP contribution in [0.5, 0.6) is 0 Å². The molecule has 0 saturated carbocycles. The minimum atomic E-state index is 0.267. The molecule has 1 N–H and O–H groups in total. The van der Waals surface area contributed by atoms with Gasteiger partial charge in [0.2, 0.25) is 0 Å². The van der Waals surface area contributed by atoms with Crippen LogP contribution in [-0.4, -0.2) is 19.3 Å². The third-order valence-electron chi connectivity index (χ3n) is 2.86. The molecule has 1 aromatic rings. The van der Waals surface area contributed by atoms with Gasteiger partial charge >= 0.3 is 0 Å².